The van der Waals surface area contributed by atoms with E-state index >= 15 is 0 Å². The average Bonchev–Trinajstić information content (AvgIpc) is 2.88. The van der Waals surface area contributed by atoms with Crippen LogP contribution < -0.4 is 14.8 Å². The number of amides is 2. The monoisotopic (exact) mass is 446 g/mol. The topological polar surface area (TPSA) is 77.1 Å². The number of anilines is 1. The summed E-state index contributed by atoms with van der Waals surface area (Å²) in [4.78, 5) is 26.9. The lowest BCUT2D eigenvalue weighted by Gasteiger charge is -2.26. The minimum absolute atomic E-state index is 0.103. The zero-order valence-electron chi connectivity index (χ0n) is 18.5. The molecule has 0 spiro atoms. The molecule has 0 saturated carbocycles. The van der Waals surface area contributed by atoms with E-state index in [0.717, 1.165) is 11.1 Å². The highest BCUT2D eigenvalue weighted by Gasteiger charge is 2.18. The molecule has 33 heavy (non-hydrogen) atoms. The number of methoxy groups -OCH3 is 1. The van der Waals surface area contributed by atoms with Crippen molar-refractivity contribution in [2.45, 2.75) is 0 Å². The van der Waals surface area contributed by atoms with Crippen molar-refractivity contribution in [2.24, 2.45) is 0 Å². The number of benzene rings is 3. The predicted octanol–water partition coefficient (Wildman–Crippen LogP) is 3.85. The first-order valence-electron chi connectivity index (χ1n) is 10.8. The second-order valence-corrected chi connectivity index (χ2v) is 7.55. The van der Waals surface area contributed by atoms with Gasteiger partial charge in [-0.3, -0.25) is 9.59 Å². The third-order valence-corrected chi connectivity index (χ3v) is 5.37. The molecule has 0 radical (unpaired) electrons. The highest BCUT2D eigenvalue weighted by molar-refractivity contribution is 6.05. The number of morpholine rings is 1. The van der Waals surface area contributed by atoms with Gasteiger partial charge in [-0.05, 0) is 41.5 Å². The number of carbonyl (C=O) groups excluding carboxylic acids is 2. The molecule has 1 aliphatic heterocycles. The van der Waals surface area contributed by atoms with Crippen molar-refractivity contribution < 1.29 is 23.8 Å². The van der Waals surface area contributed by atoms with Gasteiger partial charge in [0.15, 0.2) is 18.1 Å². The lowest BCUT2D eigenvalue weighted by atomic mass is 10.1. The molecule has 0 aliphatic carbocycles. The molecule has 0 atom stereocenters. The van der Waals surface area contributed by atoms with Crippen LogP contribution in [0.4, 0.5) is 5.69 Å². The number of nitrogens with zero attached hydrogens (tertiary/aromatic N) is 1. The SMILES string of the molecule is COc1cc(C(=O)Nc2cccc(-c3ccccc3)c2)ccc1OCC(=O)N1CCOCC1. The maximum absolute atomic E-state index is 12.8. The molecule has 1 fully saturated rings. The van der Waals surface area contributed by atoms with Crippen LogP contribution in [0.15, 0.2) is 72.8 Å². The molecule has 1 heterocycles. The maximum atomic E-state index is 12.8. The Labute approximate surface area is 192 Å². The third-order valence-electron chi connectivity index (χ3n) is 5.37. The zero-order valence-corrected chi connectivity index (χ0v) is 18.5. The lowest BCUT2D eigenvalue weighted by molar-refractivity contribution is -0.137. The van der Waals surface area contributed by atoms with Gasteiger partial charge in [0.05, 0.1) is 20.3 Å². The summed E-state index contributed by atoms with van der Waals surface area (Å²) in [7, 11) is 1.50. The normalized spacial score (nSPS) is 13.3. The Morgan fingerprint density at radius 2 is 1.67 bits per heavy atom. The summed E-state index contributed by atoms with van der Waals surface area (Å²) in [5.41, 5.74) is 3.20. The van der Waals surface area contributed by atoms with Gasteiger partial charge >= 0.3 is 0 Å². The van der Waals surface area contributed by atoms with Crippen molar-refractivity contribution in [3.05, 3.63) is 78.4 Å². The number of ether oxygens (including phenoxy) is 3. The number of hydrogen-bond donors (Lipinski definition) is 1. The smallest absolute Gasteiger partial charge is 0.260 e. The van der Waals surface area contributed by atoms with Crippen molar-refractivity contribution >= 4 is 17.5 Å². The molecule has 1 saturated heterocycles. The summed E-state index contributed by atoms with van der Waals surface area (Å²) in [6.45, 7) is 2.09. The van der Waals surface area contributed by atoms with Crippen LogP contribution in [-0.4, -0.2) is 56.7 Å². The van der Waals surface area contributed by atoms with Gasteiger partial charge in [0.2, 0.25) is 0 Å². The first-order chi connectivity index (χ1) is 16.1. The second-order valence-electron chi connectivity index (χ2n) is 7.55. The molecule has 7 heteroatoms. The van der Waals surface area contributed by atoms with Crippen LogP contribution in [0.2, 0.25) is 0 Å². The summed E-state index contributed by atoms with van der Waals surface area (Å²) >= 11 is 0. The van der Waals surface area contributed by atoms with E-state index < -0.39 is 0 Å². The van der Waals surface area contributed by atoms with Gasteiger partial charge in [0, 0.05) is 24.3 Å². The Kier molecular flexibility index (Phi) is 7.22. The summed E-state index contributed by atoms with van der Waals surface area (Å²) < 4.78 is 16.3. The van der Waals surface area contributed by atoms with Crippen LogP contribution in [0, 0.1) is 0 Å². The van der Waals surface area contributed by atoms with Crippen molar-refractivity contribution in [1.29, 1.82) is 0 Å². The largest absolute Gasteiger partial charge is 0.493 e. The van der Waals surface area contributed by atoms with Gasteiger partial charge in [0.1, 0.15) is 0 Å². The lowest BCUT2D eigenvalue weighted by Crippen LogP contribution is -2.43. The standard InChI is InChI=1S/C26H26N2O5/c1-31-24-17-21(10-11-23(24)33-18-25(29)28-12-14-32-15-13-28)26(30)27-22-9-5-8-20(16-22)19-6-3-2-4-7-19/h2-11,16-17H,12-15,18H2,1H3,(H,27,30). The first kappa shape index (κ1) is 22.4. The average molecular weight is 447 g/mol. The van der Waals surface area contributed by atoms with E-state index in [1.807, 2.05) is 54.6 Å². The molecule has 170 valence electrons. The Morgan fingerprint density at radius 1 is 0.909 bits per heavy atom. The van der Waals surface area contributed by atoms with Gasteiger partial charge in [0.25, 0.3) is 11.8 Å². The van der Waals surface area contributed by atoms with E-state index in [-0.39, 0.29) is 18.4 Å². The number of carbonyl (C=O) groups is 2. The minimum atomic E-state index is -0.269. The molecule has 3 aromatic rings. The van der Waals surface area contributed by atoms with E-state index in [9.17, 15) is 9.59 Å². The molecule has 0 unspecified atom stereocenters. The second kappa shape index (κ2) is 10.7. The van der Waals surface area contributed by atoms with E-state index in [1.165, 1.54) is 7.11 Å². The van der Waals surface area contributed by atoms with Crippen molar-refractivity contribution in [3.63, 3.8) is 0 Å². The molecule has 4 rings (SSSR count). The molecule has 0 bridgehead atoms. The summed E-state index contributed by atoms with van der Waals surface area (Å²) in [6, 6.07) is 22.5. The Hall–Kier alpha value is -3.84. The van der Waals surface area contributed by atoms with Crippen LogP contribution in [0.5, 0.6) is 11.5 Å². The van der Waals surface area contributed by atoms with Crippen molar-refractivity contribution in [1.82, 2.24) is 4.90 Å². The molecule has 3 aromatic carbocycles. The Bertz CT molecular complexity index is 1110. The highest BCUT2D eigenvalue weighted by atomic mass is 16.5. The van der Waals surface area contributed by atoms with Crippen molar-refractivity contribution in [3.8, 4) is 22.6 Å². The fourth-order valence-electron chi connectivity index (χ4n) is 3.58. The summed E-state index contributed by atoms with van der Waals surface area (Å²) in [5.74, 6) is 0.409. The quantitative estimate of drug-likeness (QED) is 0.597. The van der Waals surface area contributed by atoms with Gasteiger partial charge < -0.3 is 24.4 Å². The third kappa shape index (κ3) is 5.70. The first-order valence-corrected chi connectivity index (χ1v) is 10.8. The van der Waals surface area contributed by atoms with Gasteiger partial charge in [-0.2, -0.15) is 0 Å². The molecule has 1 aliphatic rings. The van der Waals surface area contributed by atoms with Crippen LogP contribution in [-0.2, 0) is 9.53 Å². The fourth-order valence-corrected chi connectivity index (χ4v) is 3.58. The van der Waals surface area contributed by atoms with Gasteiger partial charge in [-0.15, -0.1) is 0 Å². The number of hydrogen-bond acceptors (Lipinski definition) is 5. The van der Waals surface area contributed by atoms with Gasteiger partial charge in [-0.25, -0.2) is 0 Å². The zero-order chi connectivity index (χ0) is 23.0. The number of rotatable bonds is 7. The molecular weight excluding hydrogens is 420 g/mol. The fraction of sp³-hybridized carbons (Fsp3) is 0.231. The molecule has 1 N–H and O–H groups in total. The van der Waals surface area contributed by atoms with Crippen LogP contribution in [0.25, 0.3) is 11.1 Å². The molecule has 2 amide bonds. The van der Waals surface area contributed by atoms with Crippen molar-refractivity contribution in [2.75, 3.05) is 45.3 Å². The van der Waals surface area contributed by atoms with Crippen LogP contribution >= 0.6 is 0 Å². The van der Waals surface area contributed by atoms with E-state index in [0.29, 0.717) is 49.1 Å². The highest BCUT2D eigenvalue weighted by Crippen LogP contribution is 2.29. The summed E-state index contributed by atoms with van der Waals surface area (Å²) in [5, 5.41) is 2.92. The molecule has 0 aromatic heterocycles. The van der Waals surface area contributed by atoms with Gasteiger partial charge in [-0.1, -0.05) is 42.5 Å². The van der Waals surface area contributed by atoms with Crippen LogP contribution in [0.3, 0.4) is 0 Å². The summed E-state index contributed by atoms with van der Waals surface area (Å²) in [6.07, 6.45) is 0. The molecule has 7 nitrogen and oxygen atoms in total. The predicted molar refractivity (Wildman–Crippen MR) is 126 cm³/mol. The van der Waals surface area contributed by atoms with E-state index in [2.05, 4.69) is 5.32 Å². The van der Waals surface area contributed by atoms with E-state index in [4.69, 9.17) is 14.2 Å². The molecular formula is C26H26N2O5. The number of nitrogens with one attached hydrogen (secondary N) is 1. The maximum Gasteiger partial charge on any atom is 0.260 e. The van der Waals surface area contributed by atoms with E-state index in [1.54, 1.807) is 23.1 Å². The van der Waals surface area contributed by atoms with Crippen LogP contribution in [0.1, 0.15) is 10.4 Å². The minimum Gasteiger partial charge on any atom is -0.493 e. The Balaban J connectivity index is 1.42. The Morgan fingerprint density at radius 3 is 2.42 bits per heavy atom.